The molecule has 0 spiro atoms. The summed E-state index contributed by atoms with van der Waals surface area (Å²) in [6, 6.07) is 0. The Hall–Kier alpha value is -1.67. The zero-order valence-electron chi connectivity index (χ0n) is 15.5. The molecule has 0 radical (unpaired) electrons. The van der Waals surface area contributed by atoms with Gasteiger partial charge in [0, 0.05) is 39.3 Å². The number of piperidine rings is 1. The van der Waals surface area contributed by atoms with Crippen molar-refractivity contribution >= 4 is 17.1 Å². The highest BCUT2D eigenvalue weighted by molar-refractivity contribution is 5.86. The van der Waals surface area contributed by atoms with Crippen LogP contribution in [-0.4, -0.2) is 65.7 Å². The molecule has 1 aromatic carbocycles. The monoisotopic (exact) mass is 385 g/mol. The van der Waals surface area contributed by atoms with Crippen LogP contribution in [0.1, 0.15) is 19.3 Å². The second-order valence-electron chi connectivity index (χ2n) is 7.23. The van der Waals surface area contributed by atoms with Gasteiger partial charge >= 0.3 is 0 Å². The summed E-state index contributed by atoms with van der Waals surface area (Å²) in [7, 11) is 0. The fourth-order valence-corrected chi connectivity index (χ4v) is 4.19. The Kier molecular flexibility index (Phi) is 5.63. The first-order valence-corrected chi connectivity index (χ1v) is 9.79. The topological polar surface area (TPSA) is 28.2 Å². The van der Waals surface area contributed by atoms with E-state index >= 15 is 8.78 Å². The molecule has 0 unspecified atom stereocenters. The Bertz CT molecular complexity index is 626. The van der Waals surface area contributed by atoms with Crippen LogP contribution in [0.3, 0.4) is 0 Å². The first kappa shape index (κ1) is 18.7. The van der Waals surface area contributed by atoms with E-state index in [1.54, 1.807) is 4.90 Å². The first-order chi connectivity index (χ1) is 13.2. The summed E-state index contributed by atoms with van der Waals surface area (Å²) < 4.78 is 55.5. The largest absolute Gasteiger partial charge is 0.378 e. The van der Waals surface area contributed by atoms with E-state index in [4.69, 9.17) is 9.47 Å². The van der Waals surface area contributed by atoms with Crippen molar-refractivity contribution in [3.8, 4) is 0 Å². The lowest BCUT2D eigenvalue weighted by Crippen LogP contribution is -2.43. The summed E-state index contributed by atoms with van der Waals surface area (Å²) in [6.07, 6.45) is 2.92. The SMILES string of the molecule is Fc1c(F)c(N2CCCCC2)c(N2CCOCC2)c(N2CCOCC2)c1F. The zero-order chi connectivity index (χ0) is 18.8. The van der Waals surface area contributed by atoms with Gasteiger partial charge in [0.1, 0.15) is 11.4 Å². The van der Waals surface area contributed by atoms with Crippen LogP contribution in [0.2, 0.25) is 0 Å². The van der Waals surface area contributed by atoms with Gasteiger partial charge in [-0.25, -0.2) is 13.2 Å². The van der Waals surface area contributed by atoms with E-state index in [-0.39, 0.29) is 11.4 Å². The van der Waals surface area contributed by atoms with Crippen LogP contribution in [0.5, 0.6) is 0 Å². The smallest absolute Gasteiger partial charge is 0.198 e. The van der Waals surface area contributed by atoms with Gasteiger partial charge < -0.3 is 24.2 Å². The Morgan fingerprint density at radius 2 is 0.889 bits per heavy atom. The van der Waals surface area contributed by atoms with Gasteiger partial charge in [-0.1, -0.05) is 0 Å². The fourth-order valence-electron chi connectivity index (χ4n) is 4.19. The summed E-state index contributed by atoms with van der Waals surface area (Å²) in [6.45, 7) is 5.15. The Morgan fingerprint density at radius 1 is 0.481 bits per heavy atom. The maximum atomic E-state index is 15.1. The number of morpholine rings is 2. The van der Waals surface area contributed by atoms with Crippen molar-refractivity contribution in [2.75, 3.05) is 80.4 Å². The Labute approximate surface area is 157 Å². The minimum Gasteiger partial charge on any atom is -0.378 e. The molecule has 0 bridgehead atoms. The molecule has 3 saturated heterocycles. The maximum absolute atomic E-state index is 15.1. The molecular weight excluding hydrogens is 359 g/mol. The van der Waals surface area contributed by atoms with E-state index < -0.39 is 17.5 Å². The molecule has 8 heteroatoms. The number of ether oxygens (including phenoxy) is 2. The van der Waals surface area contributed by atoms with Crippen molar-refractivity contribution in [1.29, 1.82) is 0 Å². The highest BCUT2D eigenvalue weighted by Gasteiger charge is 2.34. The Balaban J connectivity index is 1.88. The molecule has 4 rings (SSSR count). The lowest BCUT2D eigenvalue weighted by Gasteiger charge is -2.40. The van der Waals surface area contributed by atoms with E-state index in [0.717, 1.165) is 19.3 Å². The molecule has 0 amide bonds. The molecule has 0 aromatic heterocycles. The molecule has 3 fully saturated rings. The summed E-state index contributed by atoms with van der Waals surface area (Å²) in [5.41, 5.74) is 0.843. The van der Waals surface area contributed by atoms with Crippen LogP contribution >= 0.6 is 0 Å². The van der Waals surface area contributed by atoms with E-state index in [1.807, 2.05) is 9.80 Å². The maximum Gasteiger partial charge on any atom is 0.198 e. The lowest BCUT2D eigenvalue weighted by molar-refractivity contribution is 0.120. The third-order valence-electron chi connectivity index (χ3n) is 5.58. The van der Waals surface area contributed by atoms with Crippen molar-refractivity contribution in [3.05, 3.63) is 17.5 Å². The van der Waals surface area contributed by atoms with Crippen molar-refractivity contribution < 1.29 is 22.6 Å². The molecule has 0 N–H and O–H groups in total. The third kappa shape index (κ3) is 3.57. The lowest BCUT2D eigenvalue weighted by atomic mass is 10.1. The predicted molar refractivity (Wildman–Crippen MR) is 98.4 cm³/mol. The van der Waals surface area contributed by atoms with Crippen LogP contribution in [0.15, 0.2) is 0 Å². The molecule has 27 heavy (non-hydrogen) atoms. The third-order valence-corrected chi connectivity index (χ3v) is 5.58. The second-order valence-corrected chi connectivity index (χ2v) is 7.23. The minimum absolute atomic E-state index is 0.166. The van der Waals surface area contributed by atoms with Gasteiger partial charge in [-0.2, -0.15) is 0 Å². The van der Waals surface area contributed by atoms with Crippen LogP contribution in [0.4, 0.5) is 30.2 Å². The number of rotatable bonds is 3. The van der Waals surface area contributed by atoms with Gasteiger partial charge in [-0.05, 0) is 19.3 Å². The van der Waals surface area contributed by atoms with Gasteiger partial charge in [0.15, 0.2) is 17.5 Å². The van der Waals surface area contributed by atoms with Gasteiger partial charge in [-0.15, -0.1) is 0 Å². The number of hydrogen-bond donors (Lipinski definition) is 0. The summed E-state index contributed by atoms with van der Waals surface area (Å²) in [4.78, 5) is 5.62. The molecule has 150 valence electrons. The molecule has 0 aliphatic carbocycles. The molecule has 3 heterocycles. The van der Waals surface area contributed by atoms with Crippen molar-refractivity contribution in [3.63, 3.8) is 0 Å². The molecule has 0 saturated carbocycles. The predicted octanol–water partition coefficient (Wildman–Crippen LogP) is 2.77. The average Bonchev–Trinajstić information content (AvgIpc) is 2.73. The van der Waals surface area contributed by atoms with Gasteiger partial charge in [-0.3, -0.25) is 0 Å². The molecule has 0 atom stereocenters. The van der Waals surface area contributed by atoms with Crippen LogP contribution in [0.25, 0.3) is 0 Å². The highest BCUT2D eigenvalue weighted by Crippen LogP contribution is 2.45. The summed E-state index contributed by atoms with van der Waals surface area (Å²) in [5, 5.41) is 0. The van der Waals surface area contributed by atoms with Crippen LogP contribution in [-0.2, 0) is 9.47 Å². The normalized spacial score (nSPS) is 21.7. The molecule has 3 aliphatic rings. The van der Waals surface area contributed by atoms with E-state index in [2.05, 4.69) is 0 Å². The van der Waals surface area contributed by atoms with Crippen LogP contribution < -0.4 is 14.7 Å². The number of halogens is 3. The summed E-state index contributed by atoms with van der Waals surface area (Å²) in [5.74, 6) is -3.56. The highest BCUT2D eigenvalue weighted by atomic mass is 19.2. The number of hydrogen-bond acceptors (Lipinski definition) is 5. The van der Waals surface area contributed by atoms with Crippen molar-refractivity contribution in [1.82, 2.24) is 0 Å². The average molecular weight is 385 g/mol. The Morgan fingerprint density at radius 3 is 1.37 bits per heavy atom. The van der Waals surface area contributed by atoms with Gasteiger partial charge in [0.2, 0.25) is 0 Å². The van der Waals surface area contributed by atoms with Gasteiger partial charge in [0.05, 0.1) is 32.1 Å². The van der Waals surface area contributed by atoms with E-state index in [1.165, 1.54) is 0 Å². The number of anilines is 3. The molecule has 3 aliphatic heterocycles. The second kappa shape index (κ2) is 8.14. The van der Waals surface area contributed by atoms with E-state index in [9.17, 15) is 4.39 Å². The summed E-state index contributed by atoms with van der Waals surface area (Å²) >= 11 is 0. The van der Waals surface area contributed by atoms with Crippen LogP contribution in [0, 0.1) is 17.5 Å². The zero-order valence-corrected chi connectivity index (χ0v) is 15.5. The minimum atomic E-state index is -1.38. The molecular formula is C19H26F3N3O2. The fraction of sp³-hybridized carbons (Fsp3) is 0.684. The number of benzene rings is 1. The molecule has 5 nitrogen and oxygen atoms in total. The quantitative estimate of drug-likeness (QED) is 0.747. The first-order valence-electron chi connectivity index (χ1n) is 9.79. The van der Waals surface area contributed by atoms with E-state index in [0.29, 0.717) is 71.4 Å². The number of nitrogens with zero attached hydrogens (tertiary/aromatic N) is 3. The standard InChI is InChI=1S/C19H26F3N3O2/c20-14-15(21)17(23-4-2-1-3-5-23)19(25-8-12-27-13-9-25)18(16(14)22)24-6-10-26-11-7-24/h1-13H2. The van der Waals surface area contributed by atoms with Crippen molar-refractivity contribution in [2.24, 2.45) is 0 Å². The molecule has 1 aromatic rings. The van der Waals surface area contributed by atoms with Crippen molar-refractivity contribution in [2.45, 2.75) is 19.3 Å². The van der Waals surface area contributed by atoms with Gasteiger partial charge in [0.25, 0.3) is 0 Å².